The van der Waals surface area contributed by atoms with Crippen LogP contribution < -0.4 is 0 Å². The standard InChI is InChI=1S/C9H15NO4/c1-6(5-11)8(12)10-4-2-3-7(10)9(13)14/h6-7,11H,2-5H2,1H3,(H,13,14)/t6-,7-/m1/s1. The van der Waals surface area contributed by atoms with Gasteiger partial charge in [-0.1, -0.05) is 6.92 Å². The monoisotopic (exact) mass is 201 g/mol. The Hall–Kier alpha value is -1.10. The molecular formula is C9H15NO4. The van der Waals surface area contributed by atoms with Gasteiger partial charge in [0.15, 0.2) is 0 Å². The Morgan fingerprint density at radius 2 is 2.21 bits per heavy atom. The van der Waals surface area contributed by atoms with Crippen molar-refractivity contribution in [1.82, 2.24) is 4.90 Å². The molecule has 5 heteroatoms. The Morgan fingerprint density at radius 1 is 1.57 bits per heavy atom. The van der Waals surface area contributed by atoms with E-state index in [1.54, 1.807) is 6.92 Å². The molecule has 0 saturated carbocycles. The van der Waals surface area contributed by atoms with Gasteiger partial charge in [-0.2, -0.15) is 0 Å². The number of rotatable bonds is 3. The summed E-state index contributed by atoms with van der Waals surface area (Å²) in [6.07, 6.45) is 1.24. The third-order valence-corrected chi connectivity index (χ3v) is 2.52. The Labute approximate surface area is 82.3 Å². The number of amides is 1. The van der Waals surface area contributed by atoms with Gasteiger partial charge < -0.3 is 15.1 Å². The first-order valence-corrected chi connectivity index (χ1v) is 4.72. The molecule has 0 aromatic heterocycles. The summed E-state index contributed by atoms with van der Waals surface area (Å²) in [5.74, 6) is -1.73. The van der Waals surface area contributed by atoms with Crippen molar-refractivity contribution in [2.75, 3.05) is 13.2 Å². The Bertz CT molecular complexity index is 241. The lowest BCUT2D eigenvalue weighted by Gasteiger charge is -2.23. The highest BCUT2D eigenvalue weighted by Crippen LogP contribution is 2.19. The number of hydrogen-bond acceptors (Lipinski definition) is 3. The molecule has 0 spiro atoms. The van der Waals surface area contributed by atoms with Crippen LogP contribution >= 0.6 is 0 Å². The smallest absolute Gasteiger partial charge is 0.326 e. The third kappa shape index (κ3) is 2.04. The van der Waals surface area contributed by atoms with Crippen molar-refractivity contribution >= 4 is 11.9 Å². The molecule has 1 aliphatic rings. The van der Waals surface area contributed by atoms with Crippen LogP contribution in [0, 0.1) is 5.92 Å². The molecule has 0 bridgehead atoms. The average Bonchev–Trinajstić information content (AvgIpc) is 2.63. The fourth-order valence-corrected chi connectivity index (χ4v) is 1.65. The van der Waals surface area contributed by atoms with Crippen LogP contribution in [0.25, 0.3) is 0 Å². The van der Waals surface area contributed by atoms with Crippen LogP contribution in [0.1, 0.15) is 19.8 Å². The first-order valence-electron chi connectivity index (χ1n) is 4.72. The van der Waals surface area contributed by atoms with E-state index in [1.807, 2.05) is 0 Å². The van der Waals surface area contributed by atoms with E-state index in [-0.39, 0.29) is 12.5 Å². The quantitative estimate of drug-likeness (QED) is 0.656. The Balaban J connectivity index is 2.67. The van der Waals surface area contributed by atoms with Crippen molar-refractivity contribution in [3.8, 4) is 0 Å². The maximum absolute atomic E-state index is 11.6. The maximum atomic E-state index is 11.6. The zero-order chi connectivity index (χ0) is 10.7. The molecule has 1 amide bonds. The minimum Gasteiger partial charge on any atom is -0.480 e. The predicted molar refractivity (Wildman–Crippen MR) is 48.6 cm³/mol. The summed E-state index contributed by atoms with van der Waals surface area (Å²) >= 11 is 0. The molecule has 2 atom stereocenters. The van der Waals surface area contributed by atoms with Crippen LogP contribution in [-0.4, -0.2) is 46.2 Å². The van der Waals surface area contributed by atoms with Crippen molar-refractivity contribution < 1.29 is 19.8 Å². The first-order chi connectivity index (χ1) is 6.57. The molecule has 80 valence electrons. The van der Waals surface area contributed by atoms with Gasteiger partial charge in [-0.25, -0.2) is 4.79 Å². The van der Waals surface area contributed by atoms with Crippen LogP contribution in [0.15, 0.2) is 0 Å². The molecule has 0 radical (unpaired) electrons. The van der Waals surface area contributed by atoms with E-state index < -0.39 is 17.9 Å². The van der Waals surface area contributed by atoms with E-state index in [1.165, 1.54) is 4.90 Å². The van der Waals surface area contributed by atoms with Gasteiger partial charge in [0.05, 0.1) is 12.5 Å². The van der Waals surface area contributed by atoms with Crippen LogP contribution in [0.2, 0.25) is 0 Å². The number of aliphatic hydroxyl groups is 1. The normalized spacial score (nSPS) is 23.6. The highest BCUT2D eigenvalue weighted by molar-refractivity contribution is 5.85. The second-order valence-corrected chi connectivity index (χ2v) is 3.61. The fourth-order valence-electron chi connectivity index (χ4n) is 1.65. The van der Waals surface area contributed by atoms with E-state index in [0.29, 0.717) is 13.0 Å². The zero-order valence-electron chi connectivity index (χ0n) is 8.14. The average molecular weight is 201 g/mol. The summed E-state index contributed by atoms with van der Waals surface area (Å²) in [5, 5.41) is 17.6. The van der Waals surface area contributed by atoms with Gasteiger partial charge in [0.25, 0.3) is 0 Å². The second kappa shape index (κ2) is 4.41. The molecule has 1 fully saturated rings. The number of hydrogen-bond donors (Lipinski definition) is 2. The predicted octanol–water partition coefficient (Wildman–Crippen LogP) is -0.310. The van der Waals surface area contributed by atoms with Crippen molar-refractivity contribution in [2.45, 2.75) is 25.8 Å². The Morgan fingerprint density at radius 3 is 2.71 bits per heavy atom. The molecular weight excluding hydrogens is 186 g/mol. The lowest BCUT2D eigenvalue weighted by Crippen LogP contribution is -2.43. The molecule has 0 aliphatic carbocycles. The van der Waals surface area contributed by atoms with Crippen LogP contribution in [0.3, 0.4) is 0 Å². The number of carbonyl (C=O) groups is 2. The minimum atomic E-state index is -0.957. The summed E-state index contributed by atoms with van der Waals surface area (Å²) in [5.41, 5.74) is 0. The lowest BCUT2D eigenvalue weighted by molar-refractivity contribution is -0.150. The van der Waals surface area contributed by atoms with Crippen LogP contribution in [0.5, 0.6) is 0 Å². The van der Waals surface area contributed by atoms with Crippen molar-refractivity contribution in [1.29, 1.82) is 0 Å². The van der Waals surface area contributed by atoms with Gasteiger partial charge >= 0.3 is 5.97 Å². The van der Waals surface area contributed by atoms with Crippen molar-refractivity contribution in [3.63, 3.8) is 0 Å². The molecule has 0 aromatic rings. The molecule has 0 aromatic carbocycles. The van der Waals surface area contributed by atoms with E-state index in [0.717, 1.165) is 6.42 Å². The van der Waals surface area contributed by atoms with E-state index in [9.17, 15) is 9.59 Å². The molecule has 14 heavy (non-hydrogen) atoms. The van der Waals surface area contributed by atoms with Gasteiger partial charge in [0.2, 0.25) is 5.91 Å². The van der Waals surface area contributed by atoms with Crippen LogP contribution in [0.4, 0.5) is 0 Å². The highest BCUT2D eigenvalue weighted by Gasteiger charge is 2.35. The summed E-state index contributed by atoms with van der Waals surface area (Å²) in [6, 6.07) is -0.698. The summed E-state index contributed by atoms with van der Waals surface area (Å²) < 4.78 is 0. The van der Waals surface area contributed by atoms with Crippen molar-refractivity contribution in [2.24, 2.45) is 5.92 Å². The third-order valence-electron chi connectivity index (χ3n) is 2.52. The molecule has 1 rings (SSSR count). The van der Waals surface area contributed by atoms with Gasteiger partial charge in [0, 0.05) is 6.54 Å². The molecule has 2 N–H and O–H groups in total. The molecule has 1 aliphatic heterocycles. The van der Waals surface area contributed by atoms with Gasteiger partial charge in [-0.05, 0) is 12.8 Å². The van der Waals surface area contributed by atoms with Crippen LogP contribution in [-0.2, 0) is 9.59 Å². The molecule has 0 unspecified atom stereocenters. The van der Waals surface area contributed by atoms with Gasteiger partial charge in [0.1, 0.15) is 6.04 Å². The van der Waals surface area contributed by atoms with E-state index in [4.69, 9.17) is 10.2 Å². The maximum Gasteiger partial charge on any atom is 0.326 e. The summed E-state index contributed by atoms with van der Waals surface area (Å²) in [4.78, 5) is 23.7. The molecule has 5 nitrogen and oxygen atoms in total. The number of likely N-dealkylation sites (tertiary alicyclic amines) is 1. The topological polar surface area (TPSA) is 77.8 Å². The summed E-state index contributed by atoms with van der Waals surface area (Å²) in [7, 11) is 0. The SMILES string of the molecule is C[C@H](CO)C(=O)N1CCC[C@@H]1C(=O)O. The largest absolute Gasteiger partial charge is 0.480 e. The minimum absolute atomic E-state index is 0.234. The van der Waals surface area contributed by atoms with Gasteiger partial charge in [-0.15, -0.1) is 0 Å². The lowest BCUT2D eigenvalue weighted by atomic mass is 10.1. The van der Waals surface area contributed by atoms with E-state index in [2.05, 4.69) is 0 Å². The molecule has 1 saturated heterocycles. The fraction of sp³-hybridized carbons (Fsp3) is 0.778. The second-order valence-electron chi connectivity index (χ2n) is 3.61. The molecule has 1 heterocycles. The number of nitrogens with zero attached hydrogens (tertiary/aromatic N) is 1. The summed E-state index contributed by atoms with van der Waals surface area (Å²) in [6.45, 7) is 1.85. The van der Waals surface area contributed by atoms with Gasteiger partial charge in [-0.3, -0.25) is 4.79 Å². The Kier molecular flexibility index (Phi) is 3.46. The number of carbonyl (C=O) groups excluding carboxylic acids is 1. The number of aliphatic carboxylic acids is 1. The van der Waals surface area contributed by atoms with Crippen molar-refractivity contribution in [3.05, 3.63) is 0 Å². The number of aliphatic hydroxyl groups excluding tert-OH is 1. The number of carboxylic acid groups (broad SMARTS) is 1. The number of carboxylic acids is 1. The first kappa shape index (κ1) is 11.0. The highest BCUT2D eigenvalue weighted by atomic mass is 16.4. The van der Waals surface area contributed by atoms with E-state index >= 15 is 0 Å². The zero-order valence-corrected chi connectivity index (χ0v) is 8.14.